The number of halogens is 4. The van der Waals surface area contributed by atoms with Gasteiger partial charge in [-0.25, -0.2) is 9.18 Å². The molecule has 0 fully saturated rings. The molecule has 6 heteroatoms. The molecule has 0 aliphatic heterocycles. The van der Waals surface area contributed by atoms with Gasteiger partial charge in [0.15, 0.2) is 0 Å². The van der Waals surface area contributed by atoms with Crippen LogP contribution in [0, 0.1) is 5.82 Å². The van der Waals surface area contributed by atoms with Gasteiger partial charge in [-0.3, -0.25) is 0 Å². The fourth-order valence-electron chi connectivity index (χ4n) is 1.27. The Bertz CT molecular complexity index is 438. The average molecular weight is 402 g/mol. The van der Waals surface area contributed by atoms with Gasteiger partial charge in [-0.1, -0.05) is 56.8 Å². The van der Waals surface area contributed by atoms with Crippen molar-refractivity contribution in [3.05, 3.63) is 34.1 Å². The number of ether oxygens (including phenoxy) is 1. The van der Waals surface area contributed by atoms with Crippen LogP contribution in [0.15, 0.2) is 12.1 Å². The quantitative estimate of drug-likeness (QED) is 0.383. The Morgan fingerprint density at radius 3 is 2.72 bits per heavy atom. The van der Waals surface area contributed by atoms with Crippen molar-refractivity contribution in [1.29, 1.82) is 0 Å². The molecule has 1 aromatic rings. The van der Waals surface area contributed by atoms with Crippen LogP contribution in [0.3, 0.4) is 0 Å². The SMILES string of the molecule is CCCCOC(=O)c1cc(Cl)c(C(Br)Br)cc1F. The Morgan fingerprint density at radius 1 is 1.50 bits per heavy atom. The Balaban J connectivity index is 2.90. The molecule has 0 saturated carbocycles. The molecule has 0 aromatic heterocycles. The standard InChI is InChI=1S/C12H12Br2ClFO2/c1-2-3-4-18-12(17)8-5-9(15)7(11(13)14)6-10(8)16/h5-6,11H,2-4H2,1H3. The topological polar surface area (TPSA) is 26.3 Å². The molecule has 0 amide bonds. The Morgan fingerprint density at radius 2 is 2.17 bits per heavy atom. The zero-order valence-corrected chi connectivity index (χ0v) is 13.6. The van der Waals surface area contributed by atoms with Crippen molar-refractivity contribution in [3.63, 3.8) is 0 Å². The molecule has 0 N–H and O–H groups in total. The Labute approximate surface area is 127 Å². The summed E-state index contributed by atoms with van der Waals surface area (Å²) in [6, 6.07) is 2.50. The second-order valence-electron chi connectivity index (χ2n) is 3.64. The van der Waals surface area contributed by atoms with Gasteiger partial charge >= 0.3 is 5.97 Å². The number of hydrogen-bond donors (Lipinski definition) is 0. The van der Waals surface area contributed by atoms with Crippen molar-refractivity contribution < 1.29 is 13.9 Å². The molecule has 0 radical (unpaired) electrons. The van der Waals surface area contributed by atoms with Crippen molar-refractivity contribution in [2.24, 2.45) is 0 Å². The summed E-state index contributed by atoms with van der Waals surface area (Å²) in [5, 5.41) is 0.303. The first-order valence-corrected chi connectivity index (χ1v) is 7.62. The Kier molecular flexibility index (Phi) is 6.60. The summed E-state index contributed by atoms with van der Waals surface area (Å²) in [7, 11) is 0. The molecule has 18 heavy (non-hydrogen) atoms. The molecule has 0 unspecified atom stereocenters. The summed E-state index contributed by atoms with van der Waals surface area (Å²) < 4.78 is 18.4. The van der Waals surface area contributed by atoms with Gasteiger partial charge in [0, 0.05) is 5.02 Å². The van der Waals surface area contributed by atoms with Crippen molar-refractivity contribution >= 4 is 49.4 Å². The molecule has 0 spiro atoms. The molecule has 0 saturated heterocycles. The van der Waals surface area contributed by atoms with E-state index in [1.165, 1.54) is 12.1 Å². The molecular weight excluding hydrogens is 390 g/mol. The van der Waals surface area contributed by atoms with Crippen LogP contribution in [0.4, 0.5) is 4.39 Å². The molecule has 0 heterocycles. The van der Waals surface area contributed by atoms with E-state index in [1.54, 1.807) is 0 Å². The highest BCUT2D eigenvalue weighted by atomic mass is 79.9. The zero-order chi connectivity index (χ0) is 13.7. The third kappa shape index (κ3) is 4.21. The maximum absolute atomic E-state index is 13.7. The summed E-state index contributed by atoms with van der Waals surface area (Å²) in [5.41, 5.74) is 0.389. The Hall–Kier alpha value is -0.130. The summed E-state index contributed by atoms with van der Waals surface area (Å²) in [4.78, 5) is 11.6. The highest BCUT2D eigenvalue weighted by Crippen LogP contribution is 2.35. The lowest BCUT2D eigenvalue weighted by Gasteiger charge is -2.09. The average Bonchev–Trinajstić information content (AvgIpc) is 2.31. The molecule has 100 valence electrons. The number of benzene rings is 1. The smallest absolute Gasteiger partial charge is 0.341 e. The monoisotopic (exact) mass is 400 g/mol. The van der Waals surface area contributed by atoms with Crippen molar-refractivity contribution in [3.8, 4) is 0 Å². The van der Waals surface area contributed by atoms with Crippen LogP contribution >= 0.6 is 43.5 Å². The first-order valence-electron chi connectivity index (χ1n) is 5.41. The first-order chi connectivity index (χ1) is 8.47. The molecule has 0 bridgehead atoms. The molecule has 0 aliphatic carbocycles. The molecule has 1 aromatic carbocycles. The summed E-state index contributed by atoms with van der Waals surface area (Å²) in [6.07, 6.45) is 1.66. The van der Waals surface area contributed by atoms with Crippen molar-refractivity contribution in [1.82, 2.24) is 0 Å². The van der Waals surface area contributed by atoms with E-state index in [9.17, 15) is 9.18 Å². The van der Waals surface area contributed by atoms with Crippen LogP contribution < -0.4 is 0 Å². The predicted octanol–water partition coefficient (Wildman–Crippen LogP) is 5.22. The fraction of sp³-hybridized carbons (Fsp3) is 0.417. The zero-order valence-electron chi connectivity index (χ0n) is 9.68. The number of hydrogen-bond acceptors (Lipinski definition) is 2. The van der Waals surface area contributed by atoms with Gasteiger partial charge in [-0.15, -0.1) is 0 Å². The van der Waals surface area contributed by atoms with E-state index in [0.717, 1.165) is 12.8 Å². The minimum absolute atomic E-state index is 0.138. The van der Waals surface area contributed by atoms with E-state index in [-0.39, 0.29) is 15.9 Å². The van der Waals surface area contributed by atoms with Crippen LogP contribution in [0.25, 0.3) is 0 Å². The molecule has 0 aliphatic rings. The lowest BCUT2D eigenvalue weighted by atomic mass is 10.1. The van der Waals surface area contributed by atoms with Crippen LogP contribution in [0.1, 0.15) is 39.4 Å². The van der Waals surface area contributed by atoms with Crippen LogP contribution in [0.2, 0.25) is 5.02 Å². The summed E-state index contributed by atoms with van der Waals surface area (Å²) in [6.45, 7) is 2.26. The van der Waals surface area contributed by atoms with Crippen molar-refractivity contribution in [2.45, 2.75) is 23.5 Å². The molecular formula is C12H12Br2ClFO2. The minimum Gasteiger partial charge on any atom is -0.462 e. The van der Waals surface area contributed by atoms with E-state index in [4.69, 9.17) is 16.3 Å². The fourth-order valence-corrected chi connectivity index (χ4v) is 2.57. The van der Waals surface area contributed by atoms with E-state index in [2.05, 4.69) is 31.9 Å². The third-order valence-electron chi connectivity index (χ3n) is 2.27. The molecule has 1 rings (SSSR count). The lowest BCUT2D eigenvalue weighted by Crippen LogP contribution is -2.09. The third-order valence-corrected chi connectivity index (χ3v) is 3.59. The van der Waals surface area contributed by atoms with Gasteiger partial charge in [0.2, 0.25) is 0 Å². The van der Waals surface area contributed by atoms with Crippen molar-refractivity contribution in [2.75, 3.05) is 6.61 Å². The van der Waals surface area contributed by atoms with E-state index in [1.807, 2.05) is 6.92 Å². The largest absolute Gasteiger partial charge is 0.462 e. The minimum atomic E-state index is -0.685. The second kappa shape index (κ2) is 7.46. The molecule has 2 nitrogen and oxygen atoms in total. The van der Waals surface area contributed by atoms with E-state index in [0.29, 0.717) is 10.6 Å². The van der Waals surface area contributed by atoms with E-state index >= 15 is 0 Å². The number of alkyl halides is 2. The number of unbranched alkanes of at least 4 members (excludes halogenated alkanes) is 1. The predicted molar refractivity (Wildman–Crippen MR) is 77.2 cm³/mol. The van der Waals surface area contributed by atoms with Gasteiger partial charge in [0.05, 0.1) is 15.9 Å². The van der Waals surface area contributed by atoms with Gasteiger partial charge < -0.3 is 4.74 Å². The van der Waals surface area contributed by atoms with Gasteiger partial charge in [-0.05, 0) is 24.1 Å². The van der Waals surface area contributed by atoms with Gasteiger partial charge in [-0.2, -0.15) is 0 Å². The second-order valence-corrected chi connectivity index (χ2v) is 7.11. The highest BCUT2D eigenvalue weighted by molar-refractivity contribution is 9.24. The van der Waals surface area contributed by atoms with Crippen LogP contribution in [-0.2, 0) is 4.74 Å². The lowest BCUT2D eigenvalue weighted by molar-refractivity contribution is 0.0494. The van der Waals surface area contributed by atoms with Crippen LogP contribution in [0.5, 0.6) is 0 Å². The summed E-state index contributed by atoms with van der Waals surface area (Å²) in [5.74, 6) is -1.32. The maximum Gasteiger partial charge on any atom is 0.341 e. The normalized spacial score (nSPS) is 10.8. The summed E-state index contributed by atoms with van der Waals surface area (Å²) >= 11 is 12.4. The number of esters is 1. The van der Waals surface area contributed by atoms with Crippen LogP contribution in [-0.4, -0.2) is 12.6 Å². The van der Waals surface area contributed by atoms with Gasteiger partial charge in [0.1, 0.15) is 5.82 Å². The number of rotatable bonds is 5. The first kappa shape index (κ1) is 15.9. The number of carbonyl (C=O) groups is 1. The van der Waals surface area contributed by atoms with Gasteiger partial charge in [0.25, 0.3) is 0 Å². The van der Waals surface area contributed by atoms with E-state index < -0.39 is 11.8 Å². The maximum atomic E-state index is 13.7. The number of carbonyl (C=O) groups excluding carboxylic acids is 1. The molecule has 0 atom stereocenters. The highest BCUT2D eigenvalue weighted by Gasteiger charge is 2.18.